The van der Waals surface area contributed by atoms with Gasteiger partial charge >= 0.3 is 5.97 Å². The van der Waals surface area contributed by atoms with Crippen molar-refractivity contribution in [3.05, 3.63) is 34.9 Å². The van der Waals surface area contributed by atoms with Crippen molar-refractivity contribution in [1.29, 1.82) is 0 Å². The van der Waals surface area contributed by atoms with Crippen molar-refractivity contribution in [2.24, 2.45) is 5.92 Å². The first-order valence-electron chi connectivity index (χ1n) is 6.49. The Kier molecular flexibility index (Phi) is 4.02. The van der Waals surface area contributed by atoms with Crippen molar-refractivity contribution in [3.8, 4) is 0 Å². The van der Waals surface area contributed by atoms with Gasteiger partial charge in [0.15, 0.2) is 0 Å². The van der Waals surface area contributed by atoms with Crippen molar-refractivity contribution < 1.29 is 9.53 Å². The van der Waals surface area contributed by atoms with Crippen molar-refractivity contribution in [2.75, 3.05) is 20.2 Å². The van der Waals surface area contributed by atoms with E-state index in [1.807, 2.05) is 0 Å². The normalized spacial score (nSPS) is 20.7. The monoisotopic (exact) mass is 247 g/mol. The van der Waals surface area contributed by atoms with Crippen molar-refractivity contribution >= 4 is 5.97 Å². The quantitative estimate of drug-likeness (QED) is 0.832. The molecule has 0 aliphatic carbocycles. The average Bonchev–Trinajstić information content (AvgIpc) is 2.87. The van der Waals surface area contributed by atoms with E-state index in [9.17, 15) is 4.79 Å². The van der Waals surface area contributed by atoms with Crippen LogP contribution < -0.4 is 5.32 Å². The minimum absolute atomic E-state index is 0.114. The van der Waals surface area contributed by atoms with Gasteiger partial charge in [0.2, 0.25) is 0 Å². The van der Waals surface area contributed by atoms with Crippen LogP contribution in [-0.2, 0) is 9.53 Å². The van der Waals surface area contributed by atoms with Gasteiger partial charge in [0.05, 0.1) is 13.0 Å². The number of hydrogen-bond acceptors (Lipinski definition) is 3. The van der Waals surface area contributed by atoms with Crippen molar-refractivity contribution in [2.45, 2.75) is 26.2 Å². The molecular formula is C15H21NO2. The van der Waals surface area contributed by atoms with Gasteiger partial charge < -0.3 is 10.1 Å². The van der Waals surface area contributed by atoms with Crippen LogP contribution in [0, 0.1) is 19.8 Å². The Morgan fingerprint density at radius 1 is 1.44 bits per heavy atom. The molecule has 3 nitrogen and oxygen atoms in total. The zero-order chi connectivity index (χ0) is 13.1. The summed E-state index contributed by atoms with van der Waals surface area (Å²) in [4.78, 5) is 12.1. The molecule has 0 saturated carbocycles. The van der Waals surface area contributed by atoms with Crippen LogP contribution in [0.5, 0.6) is 0 Å². The Morgan fingerprint density at radius 3 is 2.83 bits per heavy atom. The third kappa shape index (κ3) is 2.56. The summed E-state index contributed by atoms with van der Waals surface area (Å²) in [6, 6.07) is 6.29. The predicted molar refractivity (Wildman–Crippen MR) is 71.6 cm³/mol. The number of nitrogens with one attached hydrogen (secondary N) is 1. The molecule has 1 aromatic rings. The van der Waals surface area contributed by atoms with Crippen LogP contribution in [0.1, 0.15) is 29.0 Å². The Morgan fingerprint density at radius 2 is 2.22 bits per heavy atom. The first kappa shape index (κ1) is 13.1. The van der Waals surface area contributed by atoms with Crippen LogP contribution in [0.15, 0.2) is 18.2 Å². The van der Waals surface area contributed by atoms with Gasteiger partial charge in [-0.1, -0.05) is 23.8 Å². The second kappa shape index (κ2) is 5.53. The molecule has 0 aromatic heterocycles. The predicted octanol–water partition coefficient (Wildman–Crippen LogP) is 2.17. The highest BCUT2D eigenvalue weighted by molar-refractivity contribution is 5.79. The summed E-state index contributed by atoms with van der Waals surface area (Å²) in [7, 11) is 1.48. The molecule has 3 heteroatoms. The molecule has 1 aliphatic rings. The Labute approximate surface area is 109 Å². The number of aryl methyl sites for hydroxylation is 2. The molecule has 1 N–H and O–H groups in total. The van der Waals surface area contributed by atoms with E-state index in [-0.39, 0.29) is 11.9 Å². The molecule has 2 atom stereocenters. The molecule has 2 unspecified atom stereocenters. The molecule has 2 rings (SSSR count). The number of ether oxygens (including phenoxy) is 1. The fourth-order valence-electron chi connectivity index (χ4n) is 2.76. The highest BCUT2D eigenvalue weighted by atomic mass is 16.5. The lowest BCUT2D eigenvalue weighted by Gasteiger charge is -2.23. The van der Waals surface area contributed by atoms with Crippen LogP contribution in [0.4, 0.5) is 0 Å². The van der Waals surface area contributed by atoms with Crippen LogP contribution in [0.3, 0.4) is 0 Å². The van der Waals surface area contributed by atoms with Gasteiger partial charge in [-0.2, -0.15) is 0 Å². The zero-order valence-electron chi connectivity index (χ0n) is 11.3. The summed E-state index contributed by atoms with van der Waals surface area (Å²) < 4.78 is 5.01. The van der Waals surface area contributed by atoms with E-state index in [1.165, 1.54) is 18.2 Å². The first-order valence-corrected chi connectivity index (χ1v) is 6.49. The lowest BCUT2D eigenvalue weighted by Crippen LogP contribution is -2.25. The van der Waals surface area contributed by atoms with Crippen molar-refractivity contribution in [3.63, 3.8) is 0 Å². The zero-order valence-corrected chi connectivity index (χ0v) is 11.3. The minimum atomic E-state index is -0.134. The molecule has 0 radical (unpaired) electrons. The van der Waals surface area contributed by atoms with E-state index < -0.39 is 0 Å². The highest BCUT2D eigenvalue weighted by Gasteiger charge is 2.33. The smallest absolute Gasteiger partial charge is 0.313 e. The standard InChI is InChI=1S/C15H21NO2/c1-10-4-5-11(2)13(8-10)14(15(17)18-3)12-6-7-16-9-12/h4-5,8,12,14,16H,6-7,9H2,1-3H3. The van der Waals surface area contributed by atoms with E-state index in [1.54, 1.807) is 0 Å². The minimum Gasteiger partial charge on any atom is -0.469 e. The third-order valence-electron chi connectivity index (χ3n) is 3.79. The van der Waals surface area contributed by atoms with Gasteiger partial charge in [0.1, 0.15) is 0 Å². The fraction of sp³-hybridized carbons (Fsp3) is 0.533. The molecule has 0 amide bonds. The lowest BCUT2D eigenvalue weighted by atomic mass is 9.82. The topological polar surface area (TPSA) is 38.3 Å². The largest absolute Gasteiger partial charge is 0.469 e. The maximum absolute atomic E-state index is 12.1. The number of esters is 1. The molecule has 0 spiro atoms. The summed E-state index contributed by atoms with van der Waals surface area (Å²) in [6.07, 6.45) is 1.03. The molecule has 98 valence electrons. The van der Waals surface area contributed by atoms with Crippen molar-refractivity contribution in [1.82, 2.24) is 5.32 Å². The second-order valence-electron chi connectivity index (χ2n) is 5.11. The molecule has 1 heterocycles. The number of benzene rings is 1. The van der Waals surface area contributed by atoms with Gasteiger partial charge in [-0.05, 0) is 50.4 Å². The molecule has 1 aliphatic heterocycles. The summed E-state index contributed by atoms with van der Waals surface area (Å²) in [5.41, 5.74) is 3.48. The third-order valence-corrected chi connectivity index (χ3v) is 3.79. The van der Waals surface area contributed by atoms with E-state index in [4.69, 9.17) is 4.74 Å². The number of methoxy groups -OCH3 is 1. The number of rotatable bonds is 3. The van der Waals surface area contributed by atoms with Crippen LogP contribution in [0.2, 0.25) is 0 Å². The van der Waals surface area contributed by atoms with Crippen LogP contribution >= 0.6 is 0 Å². The summed E-state index contributed by atoms with van der Waals surface area (Å²) in [5, 5.41) is 3.33. The molecule has 1 fully saturated rings. The van der Waals surface area contributed by atoms with E-state index >= 15 is 0 Å². The maximum atomic E-state index is 12.1. The maximum Gasteiger partial charge on any atom is 0.313 e. The molecular weight excluding hydrogens is 226 g/mol. The molecule has 0 bridgehead atoms. The molecule has 1 aromatic carbocycles. The second-order valence-corrected chi connectivity index (χ2v) is 5.11. The van der Waals surface area contributed by atoms with Gasteiger partial charge in [0.25, 0.3) is 0 Å². The summed E-state index contributed by atoms with van der Waals surface area (Å²) >= 11 is 0. The van der Waals surface area contributed by atoms with Gasteiger partial charge in [-0.25, -0.2) is 0 Å². The lowest BCUT2D eigenvalue weighted by molar-refractivity contribution is -0.143. The SMILES string of the molecule is COC(=O)C(c1cc(C)ccc1C)C1CCNC1. The average molecular weight is 247 g/mol. The van der Waals surface area contributed by atoms with Crippen LogP contribution in [-0.4, -0.2) is 26.2 Å². The number of carbonyl (C=O) groups is 1. The fourth-order valence-corrected chi connectivity index (χ4v) is 2.76. The number of carbonyl (C=O) groups excluding carboxylic acids is 1. The van der Waals surface area contributed by atoms with E-state index in [2.05, 4.69) is 37.4 Å². The van der Waals surface area contributed by atoms with E-state index in [0.717, 1.165) is 25.1 Å². The first-order chi connectivity index (χ1) is 8.63. The van der Waals surface area contributed by atoms with Crippen LogP contribution in [0.25, 0.3) is 0 Å². The molecule has 18 heavy (non-hydrogen) atoms. The highest BCUT2D eigenvalue weighted by Crippen LogP contribution is 2.32. The number of hydrogen-bond donors (Lipinski definition) is 1. The summed E-state index contributed by atoms with van der Waals surface area (Å²) in [5.74, 6) is 0.0975. The van der Waals surface area contributed by atoms with Gasteiger partial charge in [-0.3, -0.25) is 4.79 Å². The Balaban J connectivity index is 2.38. The van der Waals surface area contributed by atoms with Gasteiger partial charge in [0, 0.05) is 0 Å². The summed E-state index contributed by atoms with van der Waals surface area (Å²) in [6.45, 7) is 6.01. The van der Waals surface area contributed by atoms with Gasteiger partial charge in [-0.15, -0.1) is 0 Å². The Hall–Kier alpha value is -1.35. The van der Waals surface area contributed by atoms with E-state index in [0.29, 0.717) is 5.92 Å². The molecule has 1 saturated heterocycles. The Bertz CT molecular complexity index is 436.